The molecule has 4 aromatic rings. The minimum atomic E-state index is 0. The van der Waals surface area contributed by atoms with E-state index in [9.17, 15) is 0 Å². The van der Waals surface area contributed by atoms with Crippen LogP contribution in [0.15, 0.2) is 72.8 Å². The Morgan fingerprint density at radius 2 is 0.821 bits per heavy atom. The monoisotopic (exact) mass is 646 g/mol. The molecule has 0 heterocycles. The molecule has 0 N–H and O–H groups in total. The number of hydrogen-bond acceptors (Lipinski definition) is 0. The summed E-state index contributed by atoms with van der Waals surface area (Å²) in [7, 11) is 0.171. The Kier molecular flexibility index (Phi) is 21.5. The Hall–Kier alpha value is -0.737. The maximum atomic E-state index is 2.44. The second-order valence-corrected chi connectivity index (χ2v) is 15.1. The van der Waals surface area contributed by atoms with Crippen LogP contribution in [-0.2, 0) is 26.2 Å². The van der Waals surface area contributed by atoms with Gasteiger partial charge in [-0.1, -0.05) is 81.4 Å². The minimum Gasteiger partial charge on any atom is -1.00 e. The number of rotatable bonds is 14. The van der Waals surface area contributed by atoms with Crippen molar-refractivity contribution in [3.8, 4) is 0 Å². The predicted molar refractivity (Wildman–Crippen MR) is 171 cm³/mol. The first kappa shape index (κ1) is 38.3. The molecule has 39 heavy (non-hydrogen) atoms. The quantitative estimate of drug-likeness (QED) is 0.139. The van der Waals surface area contributed by atoms with Gasteiger partial charge in [0, 0.05) is 0 Å². The molecule has 0 aromatic heterocycles. The van der Waals surface area contributed by atoms with E-state index in [1.165, 1.54) is 97.6 Å². The molecule has 0 aliphatic rings. The van der Waals surface area contributed by atoms with Gasteiger partial charge >= 0.3 is 26.2 Å². The minimum absolute atomic E-state index is 0. The Morgan fingerprint density at radius 3 is 1.10 bits per heavy atom. The van der Waals surface area contributed by atoms with Crippen LogP contribution in [0.3, 0.4) is 0 Å². The first-order chi connectivity index (χ1) is 17.7. The average molecular weight is 648 g/mol. The third kappa shape index (κ3) is 12.3. The molecular formula is C34H48F2P2Zr. The summed E-state index contributed by atoms with van der Waals surface area (Å²) < 4.78 is 0. The van der Waals surface area contributed by atoms with Crippen LogP contribution in [-0.4, -0.2) is 24.6 Å². The molecule has 0 aliphatic heterocycles. The summed E-state index contributed by atoms with van der Waals surface area (Å²) in [5, 5.41) is 8.96. The molecule has 4 rings (SSSR count). The second kappa shape index (κ2) is 21.9. The van der Waals surface area contributed by atoms with Crippen molar-refractivity contribution >= 4 is 48.0 Å². The molecule has 5 heteroatoms. The van der Waals surface area contributed by atoms with Crippen molar-refractivity contribution in [1.82, 2.24) is 0 Å². The van der Waals surface area contributed by atoms with Gasteiger partial charge in [-0.25, -0.2) is 0 Å². The molecule has 0 saturated carbocycles. The van der Waals surface area contributed by atoms with Gasteiger partial charge in [-0.3, -0.25) is 0 Å². The van der Waals surface area contributed by atoms with E-state index in [4.69, 9.17) is 0 Å². The zero-order valence-corrected chi connectivity index (χ0v) is 28.8. The maximum Gasteiger partial charge on any atom is 4.00 e. The Labute approximate surface area is 258 Å². The van der Waals surface area contributed by atoms with E-state index in [1.54, 1.807) is 10.6 Å². The van der Waals surface area contributed by atoms with Crippen molar-refractivity contribution in [3.63, 3.8) is 0 Å². The van der Waals surface area contributed by atoms with Gasteiger partial charge in [0.2, 0.25) is 0 Å². The van der Waals surface area contributed by atoms with E-state index in [-0.39, 0.29) is 51.5 Å². The first-order valence-corrected chi connectivity index (χ1v) is 17.9. The van der Waals surface area contributed by atoms with Crippen molar-refractivity contribution in [2.45, 2.75) is 79.1 Å². The molecule has 0 unspecified atom stereocenters. The molecule has 0 bridgehead atoms. The van der Waals surface area contributed by atoms with Crippen LogP contribution in [0.1, 0.15) is 79.1 Å². The number of fused-ring (bicyclic) bond motifs is 2. The van der Waals surface area contributed by atoms with Crippen LogP contribution in [0.2, 0.25) is 0 Å². The topological polar surface area (TPSA) is 0 Å². The largest absolute Gasteiger partial charge is 4.00 e. The van der Waals surface area contributed by atoms with Gasteiger partial charge in [0.05, 0.1) is 0 Å². The van der Waals surface area contributed by atoms with E-state index in [1.807, 2.05) is 0 Å². The Morgan fingerprint density at radius 1 is 0.513 bits per heavy atom. The SMILES string of the molecule is CCCCP(CCCC)c1cc2ccccc2[cH-]1.CCCCP(CCCC)c1cc2ccccc2[cH-]1.[F-].[F-].[Zr+4]. The van der Waals surface area contributed by atoms with Gasteiger partial charge in [0.15, 0.2) is 0 Å². The molecule has 0 spiro atoms. The number of halogens is 2. The Balaban J connectivity index is 0.000000688. The average Bonchev–Trinajstić information content (AvgIpc) is 3.53. The van der Waals surface area contributed by atoms with E-state index in [0.717, 1.165) is 0 Å². The van der Waals surface area contributed by atoms with Crippen LogP contribution in [0, 0.1) is 0 Å². The second-order valence-electron chi connectivity index (χ2n) is 10.1. The van der Waals surface area contributed by atoms with Gasteiger partial charge in [0.25, 0.3) is 0 Å². The molecule has 4 aromatic carbocycles. The molecule has 0 nitrogen and oxygen atoms in total. The predicted octanol–water partition coefficient (Wildman–Crippen LogP) is 4.54. The summed E-state index contributed by atoms with van der Waals surface area (Å²) >= 11 is 0. The standard InChI is InChI=1S/2C17H24P.2FH.Zr/c2*1-3-5-11-18(12-6-4-2)17-13-15-9-7-8-10-16(15)14-17;;;/h2*7-10,13-14H,3-6,11-12H2,1-2H3;2*1H;/q2*-1;;;+4/p-2. The van der Waals surface area contributed by atoms with Crippen molar-refractivity contribution in [2.75, 3.05) is 24.6 Å². The number of benzene rings is 2. The number of hydrogen-bond donors (Lipinski definition) is 0. The zero-order chi connectivity index (χ0) is 25.6. The molecule has 0 atom stereocenters. The summed E-state index contributed by atoms with van der Waals surface area (Å²) in [6, 6.07) is 27.3. The van der Waals surface area contributed by atoms with Crippen molar-refractivity contribution < 1.29 is 35.6 Å². The molecule has 212 valence electrons. The summed E-state index contributed by atoms with van der Waals surface area (Å²) in [5.41, 5.74) is 0. The van der Waals surface area contributed by atoms with Gasteiger partial charge in [0.1, 0.15) is 0 Å². The summed E-state index contributed by atoms with van der Waals surface area (Å²) in [6.45, 7) is 9.20. The number of unbranched alkanes of at least 4 members (excludes halogenated alkanes) is 4. The summed E-state index contributed by atoms with van der Waals surface area (Å²) in [4.78, 5) is 0. The third-order valence-electron chi connectivity index (χ3n) is 7.06. The molecule has 0 amide bonds. The van der Waals surface area contributed by atoms with Crippen molar-refractivity contribution in [1.29, 1.82) is 0 Å². The van der Waals surface area contributed by atoms with Crippen LogP contribution in [0.5, 0.6) is 0 Å². The fraction of sp³-hybridized carbons (Fsp3) is 0.471. The fourth-order valence-corrected chi connectivity index (χ4v) is 10.3. The maximum absolute atomic E-state index is 2.44. The van der Waals surface area contributed by atoms with Gasteiger partial charge in [-0.2, -0.15) is 12.1 Å². The van der Waals surface area contributed by atoms with E-state index in [0.29, 0.717) is 0 Å². The molecule has 0 fully saturated rings. The van der Waals surface area contributed by atoms with E-state index < -0.39 is 0 Å². The molecule has 0 radical (unpaired) electrons. The van der Waals surface area contributed by atoms with Crippen molar-refractivity contribution in [2.24, 2.45) is 0 Å². The van der Waals surface area contributed by atoms with Gasteiger partial charge in [-0.05, 0) is 50.3 Å². The molecule has 0 saturated heterocycles. The molecular weight excluding hydrogens is 600 g/mol. The Bertz CT molecular complexity index is 964. The summed E-state index contributed by atoms with van der Waals surface area (Å²) in [6.07, 6.45) is 16.5. The van der Waals surface area contributed by atoms with Crippen LogP contribution >= 0.6 is 15.8 Å². The van der Waals surface area contributed by atoms with E-state index >= 15 is 0 Å². The van der Waals surface area contributed by atoms with E-state index in [2.05, 4.69) is 100 Å². The van der Waals surface area contributed by atoms with Gasteiger partial charge < -0.3 is 9.41 Å². The normalized spacial score (nSPS) is 10.6. The zero-order valence-electron chi connectivity index (χ0n) is 24.6. The van der Waals surface area contributed by atoms with Gasteiger partial charge in [-0.15, -0.1) is 80.7 Å². The smallest absolute Gasteiger partial charge is 1.00 e. The first-order valence-electron chi connectivity index (χ1n) is 14.5. The van der Waals surface area contributed by atoms with Crippen LogP contribution < -0.4 is 20.0 Å². The third-order valence-corrected chi connectivity index (χ3v) is 12.5. The fourth-order valence-electron chi connectivity index (χ4n) is 4.77. The summed E-state index contributed by atoms with van der Waals surface area (Å²) in [5.74, 6) is 0. The van der Waals surface area contributed by atoms with Crippen molar-refractivity contribution in [3.05, 3.63) is 72.8 Å². The van der Waals surface area contributed by atoms with Crippen LogP contribution in [0.25, 0.3) is 21.5 Å². The van der Waals surface area contributed by atoms with Crippen LogP contribution in [0.4, 0.5) is 0 Å². The molecule has 0 aliphatic carbocycles.